The van der Waals surface area contributed by atoms with Crippen molar-refractivity contribution in [3.8, 4) is 0 Å². The largest absolute Gasteiger partial charge is 0.460 e. The summed E-state index contributed by atoms with van der Waals surface area (Å²) in [6, 6.07) is 0. The van der Waals surface area contributed by atoms with Crippen LogP contribution in [-0.4, -0.2) is 97.1 Å². The quantitative estimate of drug-likeness (QED) is 0.217. The van der Waals surface area contributed by atoms with Crippen molar-refractivity contribution in [2.75, 3.05) is 79.3 Å². The van der Waals surface area contributed by atoms with E-state index in [9.17, 15) is 4.79 Å². The molecule has 0 bridgehead atoms. The van der Waals surface area contributed by atoms with Gasteiger partial charge in [0.1, 0.15) is 5.60 Å². The monoisotopic (exact) mass is 450 g/mol. The summed E-state index contributed by atoms with van der Waals surface area (Å²) in [4.78, 5) is 11.5. The SMILES string of the molecule is CC(C)(C)OC(=O)CCOCCOCCOCCOCCOCCOC1CCCCO1. The van der Waals surface area contributed by atoms with Crippen LogP contribution in [-0.2, 0) is 42.7 Å². The highest BCUT2D eigenvalue weighted by Crippen LogP contribution is 2.13. The van der Waals surface area contributed by atoms with Crippen LogP contribution in [0.1, 0.15) is 46.5 Å². The Morgan fingerprint density at radius 2 is 1.23 bits per heavy atom. The second-order valence-corrected chi connectivity index (χ2v) is 8.07. The summed E-state index contributed by atoms with van der Waals surface area (Å²) in [5.74, 6) is -0.255. The van der Waals surface area contributed by atoms with E-state index in [1.54, 1.807) is 0 Å². The average Bonchev–Trinajstić information content (AvgIpc) is 2.72. The lowest BCUT2D eigenvalue weighted by Crippen LogP contribution is -2.24. The molecule has 1 fully saturated rings. The molecule has 0 aromatic rings. The summed E-state index contributed by atoms with van der Waals surface area (Å²) < 4.78 is 43.3. The fraction of sp³-hybridized carbons (Fsp3) is 0.955. The van der Waals surface area contributed by atoms with Crippen molar-refractivity contribution < 1.29 is 42.7 Å². The van der Waals surface area contributed by atoms with Gasteiger partial charge in [-0.1, -0.05) is 0 Å². The second-order valence-electron chi connectivity index (χ2n) is 8.07. The highest BCUT2D eigenvalue weighted by Gasteiger charge is 2.15. The predicted octanol–water partition coefficient (Wildman–Crippen LogP) is 2.34. The maximum atomic E-state index is 11.5. The Bertz CT molecular complexity index is 420. The van der Waals surface area contributed by atoms with E-state index in [-0.39, 0.29) is 18.7 Å². The van der Waals surface area contributed by atoms with E-state index in [0.717, 1.165) is 19.4 Å². The lowest BCUT2D eigenvalue weighted by atomic mass is 10.2. The van der Waals surface area contributed by atoms with Gasteiger partial charge in [-0.15, -0.1) is 0 Å². The highest BCUT2D eigenvalue weighted by atomic mass is 16.7. The van der Waals surface area contributed by atoms with Crippen molar-refractivity contribution in [2.24, 2.45) is 0 Å². The lowest BCUT2D eigenvalue weighted by Gasteiger charge is -2.22. The molecule has 9 heteroatoms. The molecule has 1 aliphatic heterocycles. The molecule has 184 valence electrons. The zero-order valence-corrected chi connectivity index (χ0v) is 19.6. The van der Waals surface area contributed by atoms with Crippen molar-refractivity contribution >= 4 is 5.97 Å². The first-order valence-electron chi connectivity index (χ1n) is 11.3. The van der Waals surface area contributed by atoms with Gasteiger partial charge in [0.05, 0.1) is 79.1 Å². The maximum absolute atomic E-state index is 11.5. The molecule has 31 heavy (non-hydrogen) atoms. The van der Waals surface area contributed by atoms with E-state index in [1.807, 2.05) is 20.8 Å². The second kappa shape index (κ2) is 18.7. The minimum absolute atomic E-state index is 0.0635. The summed E-state index contributed by atoms with van der Waals surface area (Å²) in [5.41, 5.74) is -0.460. The minimum Gasteiger partial charge on any atom is -0.460 e. The molecule has 0 aromatic carbocycles. The fourth-order valence-electron chi connectivity index (χ4n) is 2.61. The van der Waals surface area contributed by atoms with Gasteiger partial charge in [-0.3, -0.25) is 4.79 Å². The standard InChI is InChI=1S/C22H42O9/c1-22(2,3)31-20(23)7-9-24-10-11-25-12-13-26-14-15-27-16-17-28-18-19-30-21-6-4-5-8-29-21/h21H,4-19H2,1-3H3. The number of rotatable bonds is 19. The minimum atomic E-state index is -0.460. The first-order chi connectivity index (χ1) is 15.0. The van der Waals surface area contributed by atoms with Crippen molar-refractivity contribution in [1.82, 2.24) is 0 Å². The molecule has 1 heterocycles. The molecule has 0 N–H and O–H groups in total. The van der Waals surface area contributed by atoms with Gasteiger partial charge in [0, 0.05) is 6.61 Å². The van der Waals surface area contributed by atoms with Crippen molar-refractivity contribution in [2.45, 2.75) is 58.3 Å². The first kappa shape index (κ1) is 28.2. The molecule has 0 spiro atoms. The van der Waals surface area contributed by atoms with E-state index < -0.39 is 5.60 Å². The number of ether oxygens (including phenoxy) is 8. The van der Waals surface area contributed by atoms with E-state index in [2.05, 4.69) is 0 Å². The zero-order valence-electron chi connectivity index (χ0n) is 19.6. The third-order valence-electron chi connectivity index (χ3n) is 4.03. The molecular weight excluding hydrogens is 408 g/mol. The Kier molecular flexibility index (Phi) is 17.1. The van der Waals surface area contributed by atoms with Crippen LogP contribution >= 0.6 is 0 Å². The van der Waals surface area contributed by atoms with Crippen LogP contribution in [0.3, 0.4) is 0 Å². The van der Waals surface area contributed by atoms with Gasteiger partial charge in [0.2, 0.25) is 0 Å². The van der Waals surface area contributed by atoms with Gasteiger partial charge in [-0.2, -0.15) is 0 Å². The van der Waals surface area contributed by atoms with Crippen molar-refractivity contribution in [3.63, 3.8) is 0 Å². The number of esters is 1. The van der Waals surface area contributed by atoms with Gasteiger partial charge in [-0.25, -0.2) is 0 Å². The summed E-state index contributed by atoms with van der Waals surface area (Å²) in [6.45, 7) is 11.7. The molecule has 0 radical (unpaired) electrons. The molecule has 1 aliphatic rings. The molecule has 0 saturated carbocycles. The Morgan fingerprint density at radius 3 is 1.68 bits per heavy atom. The van der Waals surface area contributed by atoms with Crippen LogP contribution in [0.2, 0.25) is 0 Å². The Morgan fingerprint density at radius 1 is 0.742 bits per heavy atom. The molecule has 0 aliphatic carbocycles. The van der Waals surface area contributed by atoms with Crippen LogP contribution in [0.25, 0.3) is 0 Å². The van der Waals surface area contributed by atoms with Gasteiger partial charge in [0.15, 0.2) is 6.29 Å². The van der Waals surface area contributed by atoms with Gasteiger partial charge in [0.25, 0.3) is 0 Å². The molecular formula is C22H42O9. The molecule has 0 amide bonds. The molecule has 1 saturated heterocycles. The molecule has 9 nitrogen and oxygen atoms in total. The Labute approximate surface area is 186 Å². The van der Waals surface area contributed by atoms with Gasteiger partial charge in [-0.05, 0) is 40.0 Å². The summed E-state index contributed by atoms with van der Waals surface area (Å²) in [6.07, 6.45) is 3.44. The highest BCUT2D eigenvalue weighted by molar-refractivity contribution is 5.69. The summed E-state index contributed by atoms with van der Waals surface area (Å²) >= 11 is 0. The number of hydrogen-bond acceptors (Lipinski definition) is 9. The molecule has 1 unspecified atom stereocenters. The average molecular weight is 451 g/mol. The summed E-state index contributed by atoms with van der Waals surface area (Å²) in [5, 5.41) is 0. The van der Waals surface area contributed by atoms with Crippen LogP contribution in [0.4, 0.5) is 0 Å². The van der Waals surface area contributed by atoms with Crippen molar-refractivity contribution in [3.05, 3.63) is 0 Å². The first-order valence-corrected chi connectivity index (χ1v) is 11.3. The summed E-state index contributed by atoms with van der Waals surface area (Å²) in [7, 11) is 0. The van der Waals surface area contributed by atoms with Crippen LogP contribution in [0.5, 0.6) is 0 Å². The van der Waals surface area contributed by atoms with Gasteiger partial charge < -0.3 is 37.9 Å². The smallest absolute Gasteiger partial charge is 0.308 e. The normalized spacial score (nSPS) is 17.1. The van der Waals surface area contributed by atoms with Gasteiger partial charge >= 0.3 is 5.97 Å². The van der Waals surface area contributed by atoms with E-state index >= 15 is 0 Å². The molecule has 1 atom stereocenters. The number of carbonyl (C=O) groups excluding carboxylic acids is 1. The Hall–Kier alpha value is -0.810. The third-order valence-corrected chi connectivity index (χ3v) is 4.03. The fourth-order valence-corrected chi connectivity index (χ4v) is 2.61. The van der Waals surface area contributed by atoms with E-state index in [4.69, 9.17) is 37.9 Å². The van der Waals surface area contributed by atoms with Crippen LogP contribution < -0.4 is 0 Å². The zero-order chi connectivity index (χ0) is 22.6. The van der Waals surface area contributed by atoms with E-state index in [0.29, 0.717) is 72.7 Å². The lowest BCUT2D eigenvalue weighted by molar-refractivity contribution is -0.169. The topological polar surface area (TPSA) is 90.9 Å². The van der Waals surface area contributed by atoms with Crippen molar-refractivity contribution in [1.29, 1.82) is 0 Å². The Balaban J connectivity index is 1.69. The predicted molar refractivity (Wildman–Crippen MR) is 114 cm³/mol. The van der Waals surface area contributed by atoms with Crippen LogP contribution in [0.15, 0.2) is 0 Å². The van der Waals surface area contributed by atoms with E-state index in [1.165, 1.54) is 6.42 Å². The molecule has 0 aromatic heterocycles. The number of carbonyl (C=O) groups is 1. The third kappa shape index (κ3) is 19.6. The van der Waals surface area contributed by atoms with Crippen LogP contribution in [0, 0.1) is 0 Å². The maximum Gasteiger partial charge on any atom is 0.308 e. The molecule has 1 rings (SSSR count). The number of hydrogen-bond donors (Lipinski definition) is 0.